The van der Waals surface area contributed by atoms with Gasteiger partial charge < -0.3 is 20.1 Å². The molecule has 1 amide bonds. The van der Waals surface area contributed by atoms with Gasteiger partial charge in [-0.05, 0) is 12.8 Å². The van der Waals surface area contributed by atoms with Crippen LogP contribution in [-0.2, 0) is 27.9 Å². The molecule has 0 aliphatic heterocycles. The molecule has 0 fully saturated rings. The van der Waals surface area contributed by atoms with Gasteiger partial charge in [-0.25, -0.2) is 4.57 Å². The zero-order valence-corrected chi connectivity index (χ0v) is 30.0. The summed E-state index contributed by atoms with van der Waals surface area (Å²) in [7, 11) is -4.39. The summed E-state index contributed by atoms with van der Waals surface area (Å²) in [6.07, 6.45) is 29.4. The molecule has 0 bridgehead atoms. The number of carbonyl (C=O) groups excluding carboxylic acids is 2. The van der Waals surface area contributed by atoms with E-state index in [2.05, 4.69) is 19.2 Å². The molecule has 0 spiro atoms. The number of esters is 1. The molecule has 9 nitrogen and oxygen atoms in total. The van der Waals surface area contributed by atoms with Crippen LogP contribution in [0.15, 0.2) is 0 Å². The van der Waals surface area contributed by atoms with Gasteiger partial charge in [0.25, 0.3) is 0 Å². The molecule has 0 aliphatic rings. The summed E-state index contributed by atoms with van der Waals surface area (Å²) < 4.78 is 26.5. The Hall–Kier alpha value is -0.990. The number of phosphoric ester groups is 1. The maximum Gasteiger partial charge on any atom is 0.472 e. The number of rotatable bonds is 35. The van der Waals surface area contributed by atoms with E-state index < -0.39 is 26.5 Å². The molecular formula is C35H70NO8P. The minimum atomic E-state index is -4.39. The Kier molecular flexibility index (Phi) is 32.2. The number of aliphatic hydroxyl groups is 1. The first kappa shape index (κ1) is 44.0. The van der Waals surface area contributed by atoms with Gasteiger partial charge >= 0.3 is 13.8 Å². The largest absolute Gasteiger partial charge is 0.472 e. The third-order valence-corrected chi connectivity index (χ3v) is 9.02. The zero-order valence-electron chi connectivity index (χ0n) is 29.1. The molecule has 2 atom stereocenters. The predicted molar refractivity (Wildman–Crippen MR) is 183 cm³/mol. The fraction of sp³-hybridized carbons (Fsp3) is 0.943. The van der Waals surface area contributed by atoms with Gasteiger partial charge in [-0.15, -0.1) is 0 Å². The molecule has 0 aliphatic carbocycles. The van der Waals surface area contributed by atoms with Crippen LogP contribution < -0.4 is 5.32 Å². The molecule has 0 radical (unpaired) electrons. The molecule has 0 saturated carbocycles. The smallest absolute Gasteiger partial charge is 0.463 e. The van der Waals surface area contributed by atoms with Crippen molar-refractivity contribution < 1.29 is 37.9 Å². The van der Waals surface area contributed by atoms with Gasteiger partial charge in [0.05, 0.1) is 13.2 Å². The number of amides is 1. The van der Waals surface area contributed by atoms with Crippen LogP contribution in [-0.4, -0.2) is 54.3 Å². The number of nitrogens with one attached hydrogen (secondary N) is 1. The second-order valence-electron chi connectivity index (χ2n) is 12.6. The Labute approximate surface area is 275 Å². The van der Waals surface area contributed by atoms with E-state index in [0.29, 0.717) is 6.42 Å². The monoisotopic (exact) mass is 663 g/mol. The molecule has 45 heavy (non-hydrogen) atoms. The van der Waals surface area contributed by atoms with Crippen molar-refractivity contribution in [3.63, 3.8) is 0 Å². The van der Waals surface area contributed by atoms with Crippen LogP contribution in [0.4, 0.5) is 0 Å². The molecule has 268 valence electrons. The van der Waals surface area contributed by atoms with Crippen molar-refractivity contribution in [2.75, 3.05) is 26.4 Å². The van der Waals surface area contributed by atoms with Crippen molar-refractivity contribution in [2.45, 2.75) is 187 Å². The maximum absolute atomic E-state index is 12.0. The average molecular weight is 664 g/mol. The van der Waals surface area contributed by atoms with Crippen molar-refractivity contribution in [2.24, 2.45) is 0 Å². The third kappa shape index (κ3) is 34.2. The van der Waals surface area contributed by atoms with Gasteiger partial charge in [0.1, 0.15) is 12.7 Å². The molecule has 0 aromatic heterocycles. The van der Waals surface area contributed by atoms with Crippen LogP contribution >= 0.6 is 7.82 Å². The van der Waals surface area contributed by atoms with Gasteiger partial charge in [-0.2, -0.15) is 0 Å². The van der Waals surface area contributed by atoms with Crippen LogP contribution in [0, 0.1) is 0 Å². The van der Waals surface area contributed by atoms with Gasteiger partial charge in [-0.3, -0.25) is 18.6 Å². The van der Waals surface area contributed by atoms with E-state index in [9.17, 15) is 24.2 Å². The van der Waals surface area contributed by atoms with Crippen molar-refractivity contribution in [3.8, 4) is 0 Å². The van der Waals surface area contributed by atoms with Crippen LogP contribution in [0.5, 0.6) is 0 Å². The topological polar surface area (TPSA) is 131 Å². The average Bonchev–Trinajstić information content (AvgIpc) is 3.02. The number of unbranched alkanes of at least 4 members (excludes halogenated alkanes) is 22. The van der Waals surface area contributed by atoms with Gasteiger partial charge in [0.2, 0.25) is 5.91 Å². The maximum atomic E-state index is 12.0. The Balaban J connectivity index is 3.51. The minimum absolute atomic E-state index is 0.0876. The van der Waals surface area contributed by atoms with E-state index in [-0.39, 0.29) is 32.1 Å². The molecular weight excluding hydrogens is 593 g/mol. The van der Waals surface area contributed by atoms with Crippen LogP contribution in [0.1, 0.15) is 181 Å². The highest BCUT2D eigenvalue weighted by atomic mass is 31.2. The lowest BCUT2D eigenvalue weighted by Gasteiger charge is -2.15. The molecule has 0 aromatic carbocycles. The molecule has 10 heteroatoms. The van der Waals surface area contributed by atoms with E-state index >= 15 is 0 Å². The number of hydrogen-bond acceptors (Lipinski definition) is 7. The summed E-state index contributed by atoms with van der Waals surface area (Å²) in [5.74, 6) is -0.521. The highest BCUT2D eigenvalue weighted by Gasteiger charge is 2.23. The Morgan fingerprint density at radius 1 is 0.600 bits per heavy atom. The molecule has 0 rings (SSSR count). The highest BCUT2D eigenvalue weighted by Crippen LogP contribution is 2.42. The van der Waals surface area contributed by atoms with E-state index in [0.717, 1.165) is 51.4 Å². The van der Waals surface area contributed by atoms with E-state index in [1.165, 1.54) is 103 Å². The summed E-state index contributed by atoms with van der Waals surface area (Å²) in [6, 6.07) is 0. The van der Waals surface area contributed by atoms with Crippen LogP contribution in [0.2, 0.25) is 0 Å². The Morgan fingerprint density at radius 2 is 1.00 bits per heavy atom. The number of phosphoric acid groups is 1. The van der Waals surface area contributed by atoms with Gasteiger partial charge in [0, 0.05) is 19.4 Å². The molecule has 0 aromatic rings. The van der Waals surface area contributed by atoms with E-state index in [4.69, 9.17) is 13.8 Å². The first-order valence-electron chi connectivity index (χ1n) is 18.5. The normalized spacial score (nSPS) is 13.4. The lowest BCUT2D eigenvalue weighted by atomic mass is 10.0. The standard InChI is InChI=1S/C35H70NO8P/c1-3-5-7-9-10-11-12-13-14-15-16-17-18-19-20-21-22-24-25-27-34(38)36-29-30-43-45(40,41)44-32-33(37)31-42-35(39)28-26-23-8-6-4-2/h33,37H,3-32H2,1-2H3,(H,36,38)(H,40,41). The van der Waals surface area contributed by atoms with Crippen LogP contribution in [0.25, 0.3) is 0 Å². The lowest BCUT2D eigenvalue weighted by Crippen LogP contribution is -2.27. The second-order valence-corrected chi connectivity index (χ2v) is 14.0. The van der Waals surface area contributed by atoms with Crippen molar-refractivity contribution in [3.05, 3.63) is 0 Å². The molecule has 0 saturated heterocycles. The highest BCUT2D eigenvalue weighted by molar-refractivity contribution is 7.47. The summed E-state index contributed by atoms with van der Waals surface area (Å²) in [5.41, 5.74) is 0. The Morgan fingerprint density at radius 3 is 1.44 bits per heavy atom. The van der Waals surface area contributed by atoms with Crippen molar-refractivity contribution in [1.82, 2.24) is 5.32 Å². The first-order chi connectivity index (χ1) is 21.8. The van der Waals surface area contributed by atoms with Crippen LogP contribution in [0.3, 0.4) is 0 Å². The summed E-state index contributed by atoms with van der Waals surface area (Å²) in [5, 5.41) is 12.5. The number of hydrogen-bond donors (Lipinski definition) is 3. The number of aliphatic hydroxyl groups excluding tert-OH is 1. The fourth-order valence-corrected chi connectivity index (χ4v) is 5.96. The molecule has 2 unspecified atom stereocenters. The first-order valence-corrected chi connectivity index (χ1v) is 20.0. The summed E-state index contributed by atoms with van der Waals surface area (Å²) >= 11 is 0. The fourth-order valence-electron chi connectivity index (χ4n) is 5.20. The van der Waals surface area contributed by atoms with Gasteiger partial charge in [-0.1, -0.05) is 155 Å². The predicted octanol–water partition coefficient (Wildman–Crippen LogP) is 9.32. The van der Waals surface area contributed by atoms with E-state index in [1.807, 2.05) is 0 Å². The molecule has 0 heterocycles. The Bertz CT molecular complexity index is 724. The number of carbonyl (C=O) groups is 2. The summed E-state index contributed by atoms with van der Waals surface area (Å²) in [4.78, 5) is 33.4. The molecule has 3 N–H and O–H groups in total. The SMILES string of the molecule is CCCCCCCCCCCCCCCCCCCCCC(=O)NCCOP(=O)(O)OCC(O)COC(=O)CCCCCCC. The zero-order chi connectivity index (χ0) is 33.3. The quantitative estimate of drug-likeness (QED) is 0.0347. The third-order valence-electron chi connectivity index (χ3n) is 8.04. The van der Waals surface area contributed by atoms with Crippen molar-refractivity contribution >= 4 is 19.7 Å². The van der Waals surface area contributed by atoms with E-state index in [1.54, 1.807) is 0 Å². The second kappa shape index (κ2) is 32.9. The minimum Gasteiger partial charge on any atom is -0.463 e. The summed E-state index contributed by atoms with van der Waals surface area (Å²) in [6.45, 7) is 3.46. The van der Waals surface area contributed by atoms with Crippen molar-refractivity contribution in [1.29, 1.82) is 0 Å². The number of ether oxygens (including phenoxy) is 1. The lowest BCUT2D eigenvalue weighted by molar-refractivity contribution is -0.147. The van der Waals surface area contributed by atoms with Gasteiger partial charge in [0.15, 0.2) is 0 Å².